The van der Waals surface area contributed by atoms with Gasteiger partial charge in [0.2, 0.25) is 0 Å². The zero-order valence-electron chi connectivity index (χ0n) is 7.00. The Balaban J connectivity index is 0.00000144. The Morgan fingerprint density at radius 2 is 2.15 bits per heavy atom. The first kappa shape index (κ1) is 11.9. The van der Waals surface area contributed by atoms with E-state index in [-0.39, 0.29) is 18.0 Å². The maximum absolute atomic E-state index is 12.9. The van der Waals surface area contributed by atoms with Gasteiger partial charge in [0.25, 0.3) is 5.91 Å². The van der Waals surface area contributed by atoms with E-state index in [2.05, 4.69) is 0 Å². The van der Waals surface area contributed by atoms with Gasteiger partial charge < -0.3 is 0 Å². The van der Waals surface area contributed by atoms with Crippen molar-refractivity contribution in [3.05, 3.63) is 35.1 Å². The van der Waals surface area contributed by atoms with Crippen molar-refractivity contribution in [3.63, 3.8) is 0 Å². The van der Waals surface area contributed by atoms with E-state index in [0.29, 0.717) is 5.56 Å². The lowest BCUT2D eigenvalue weighted by atomic mass is 10.1. The molecule has 0 saturated heterocycles. The van der Waals surface area contributed by atoms with E-state index in [9.17, 15) is 9.18 Å². The summed E-state index contributed by atoms with van der Waals surface area (Å²) >= 11 is 0. The minimum Gasteiger partial charge on any atom is -0.290 e. The van der Waals surface area contributed by atoms with Gasteiger partial charge in [0, 0.05) is 5.56 Å². The van der Waals surface area contributed by atoms with E-state index in [4.69, 9.17) is 5.84 Å². The van der Waals surface area contributed by atoms with Gasteiger partial charge in [-0.1, -0.05) is 6.07 Å². The third-order valence-electron chi connectivity index (χ3n) is 1.57. The summed E-state index contributed by atoms with van der Waals surface area (Å²) in [5.41, 5.74) is 2.65. The number of benzene rings is 1. The van der Waals surface area contributed by atoms with Crippen LogP contribution in [-0.2, 0) is 0 Å². The Morgan fingerprint density at radius 1 is 1.54 bits per heavy atom. The van der Waals surface area contributed by atoms with E-state index >= 15 is 0 Å². The molecule has 0 aliphatic heterocycles. The Bertz CT molecular complexity index is 317. The first-order valence-electron chi connectivity index (χ1n) is 3.42. The Kier molecular flexibility index (Phi) is 4.37. The molecule has 0 bridgehead atoms. The van der Waals surface area contributed by atoms with E-state index in [0.717, 1.165) is 6.07 Å². The van der Waals surface area contributed by atoms with Crippen molar-refractivity contribution in [2.75, 3.05) is 0 Å². The van der Waals surface area contributed by atoms with Gasteiger partial charge in [-0.25, -0.2) is 10.2 Å². The molecule has 5 heteroatoms. The smallest absolute Gasteiger partial charge is 0.265 e. The molecule has 0 aromatic heterocycles. The van der Waals surface area contributed by atoms with Crippen molar-refractivity contribution in [1.29, 1.82) is 0 Å². The summed E-state index contributed by atoms with van der Waals surface area (Å²) in [6.07, 6.45) is 0. The lowest BCUT2D eigenvalue weighted by molar-refractivity contribution is 0.0953. The predicted octanol–water partition coefficient (Wildman–Crippen LogP) is 1.16. The normalized spacial score (nSPS) is 8.85. The molecule has 13 heavy (non-hydrogen) atoms. The highest BCUT2D eigenvalue weighted by atomic mass is 35.5. The topological polar surface area (TPSA) is 55.1 Å². The number of carbonyl (C=O) groups is 1. The van der Waals surface area contributed by atoms with Gasteiger partial charge in [0.05, 0.1) is 0 Å². The van der Waals surface area contributed by atoms with Crippen molar-refractivity contribution < 1.29 is 9.18 Å². The third-order valence-corrected chi connectivity index (χ3v) is 1.57. The van der Waals surface area contributed by atoms with Crippen LogP contribution < -0.4 is 11.3 Å². The molecule has 0 atom stereocenters. The summed E-state index contributed by atoms with van der Waals surface area (Å²) in [6.45, 7) is 1.62. The number of halogens is 2. The minimum absolute atomic E-state index is 0. The zero-order chi connectivity index (χ0) is 9.14. The number of nitrogen functional groups attached to an aromatic ring is 1. The van der Waals surface area contributed by atoms with Crippen LogP contribution in [0.25, 0.3) is 0 Å². The molecule has 1 amide bonds. The van der Waals surface area contributed by atoms with Crippen LogP contribution >= 0.6 is 12.4 Å². The van der Waals surface area contributed by atoms with Crippen LogP contribution in [0, 0.1) is 12.7 Å². The molecular weight excluding hydrogens is 195 g/mol. The molecule has 0 unspecified atom stereocenters. The Labute approximate surface area is 81.5 Å². The van der Waals surface area contributed by atoms with E-state index in [1.807, 2.05) is 5.43 Å². The van der Waals surface area contributed by atoms with Crippen LogP contribution in [0.5, 0.6) is 0 Å². The molecular formula is C8H10ClFN2O. The second-order valence-electron chi connectivity index (χ2n) is 2.44. The quantitative estimate of drug-likeness (QED) is 0.410. The lowest BCUT2D eigenvalue weighted by Gasteiger charge is -2.00. The summed E-state index contributed by atoms with van der Waals surface area (Å²) in [4.78, 5) is 10.9. The van der Waals surface area contributed by atoms with Gasteiger partial charge >= 0.3 is 0 Å². The highest BCUT2D eigenvalue weighted by Gasteiger charge is 2.05. The average Bonchev–Trinajstić information content (AvgIpc) is 2.08. The highest BCUT2D eigenvalue weighted by molar-refractivity contribution is 5.93. The van der Waals surface area contributed by atoms with Crippen molar-refractivity contribution >= 4 is 18.3 Å². The molecule has 3 nitrogen and oxygen atoms in total. The standard InChI is InChI=1S/C8H9FN2O.ClH/c1-5-2-3-6(4-7(5)9)8(12)11-10;/h2-4H,10H2,1H3,(H,11,12);1H. The number of carbonyl (C=O) groups excluding carboxylic acids is 1. The van der Waals surface area contributed by atoms with E-state index < -0.39 is 11.7 Å². The van der Waals surface area contributed by atoms with Gasteiger partial charge in [0.15, 0.2) is 0 Å². The Hall–Kier alpha value is -1.13. The fourth-order valence-electron chi connectivity index (χ4n) is 0.817. The highest BCUT2D eigenvalue weighted by Crippen LogP contribution is 2.08. The SMILES string of the molecule is Cc1ccc(C(=O)NN)cc1F.Cl. The van der Waals surface area contributed by atoms with Crippen LogP contribution in [0.4, 0.5) is 4.39 Å². The summed E-state index contributed by atoms with van der Waals surface area (Å²) in [7, 11) is 0. The molecule has 72 valence electrons. The summed E-state index contributed by atoms with van der Waals surface area (Å²) in [5, 5.41) is 0. The second kappa shape index (κ2) is 4.79. The van der Waals surface area contributed by atoms with Crippen LogP contribution in [0.15, 0.2) is 18.2 Å². The van der Waals surface area contributed by atoms with Crippen LogP contribution in [0.1, 0.15) is 15.9 Å². The maximum Gasteiger partial charge on any atom is 0.265 e. The van der Waals surface area contributed by atoms with Gasteiger partial charge in [-0.2, -0.15) is 0 Å². The van der Waals surface area contributed by atoms with E-state index in [1.54, 1.807) is 6.92 Å². The maximum atomic E-state index is 12.9. The van der Waals surface area contributed by atoms with Crippen molar-refractivity contribution in [1.82, 2.24) is 5.43 Å². The minimum atomic E-state index is -0.492. The van der Waals surface area contributed by atoms with Crippen LogP contribution in [0.2, 0.25) is 0 Å². The molecule has 0 heterocycles. The predicted molar refractivity (Wildman–Crippen MR) is 50.0 cm³/mol. The zero-order valence-corrected chi connectivity index (χ0v) is 7.82. The van der Waals surface area contributed by atoms with Gasteiger partial charge in [-0.15, -0.1) is 12.4 Å². The molecule has 1 aromatic carbocycles. The second-order valence-corrected chi connectivity index (χ2v) is 2.44. The first-order chi connectivity index (χ1) is 5.65. The van der Waals surface area contributed by atoms with Gasteiger partial charge in [-0.05, 0) is 24.6 Å². The largest absolute Gasteiger partial charge is 0.290 e. The number of nitrogens with one attached hydrogen (secondary N) is 1. The van der Waals surface area contributed by atoms with Gasteiger partial charge in [-0.3, -0.25) is 10.2 Å². The van der Waals surface area contributed by atoms with Gasteiger partial charge in [0.1, 0.15) is 5.82 Å². The molecule has 3 N–H and O–H groups in total. The fourth-order valence-corrected chi connectivity index (χ4v) is 0.817. The van der Waals surface area contributed by atoms with Crippen LogP contribution in [0.3, 0.4) is 0 Å². The molecule has 0 aliphatic rings. The van der Waals surface area contributed by atoms with Crippen LogP contribution in [-0.4, -0.2) is 5.91 Å². The van der Waals surface area contributed by atoms with E-state index in [1.165, 1.54) is 12.1 Å². The molecule has 1 rings (SSSR count). The lowest BCUT2D eigenvalue weighted by Crippen LogP contribution is -2.30. The van der Waals surface area contributed by atoms with Crippen molar-refractivity contribution in [2.24, 2.45) is 5.84 Å². The number of hydrogen-bond donors (Lipinski definition) is 2. The summed E-state index contributed by atoms with van der Waals surface area (Å²) < 4.78 is 12.9. The molecule has 0 radical (unpaired) electrons. The van der Waals surface area contributed by atoms with Crippen molar-refractivity contribution in [3.8, 4) is 0 Å². The number of aryl methyl sites for hydroxylation is 1. The number of amides is 1. The molecule has 1 aromatic rings. The fraction of sp³-hybridized carbons (Fsp3) is 0.125. The molecule has 0 spiro atoms. The molecule has 0 aliphatic carbocycles. The third kappa shape index (κ3) is 2.68. The monoisotopic (exact) mass is 204 g/mol. The Morgan fingerprint density at radius 3 is 2.62 bits per heavy atom. The van der Waals surface area contributed by atoms with Crippen molar-refractivity contribution in [2.45, 2.75) is 6.92 Å². The number of hydrogen-bond acceptors (Lipinski definition) is 2. The number of rotatable bonds is 1. The average molecular weight is 205 g/mol. The summed E-state index contributed by atoms with van der Waals surface area (Å²) in [5.74, 6) is 3.97. The summed E-state index contributed by atoms with van der Waals surface area (Å²) in [6, 6.07) is 4.19. The molecule has 0 fully saturated rings. The number of nitrogens with two attached hydrogens (primary N) is 1. The molecule has 0 saturated carbocycles. The number of hydrazine groups is 1. The first-order valence-corrected chi connectivity index (χ1v) is 3.42.